The van der Waals surface area contributed by atoms with Gasteiger partial charge in [-0.1, -0.05) is 53.4 Å². The number of benzene rings is 2. The predicted octanol–water partition coefficient (Wildman–Crippen LogP) is 8.58. The first-order valence-electron chi connectivity index (χ1n) is 14.5. The molecule has 5 aliphatic rings. The van der Waals surface area contributed by atoms with Crippen LogP contribution in [0.2, 0.25) is 15.1 Å². The minimum atomic E-state index is -0.0642. The molecule has 5 aliphatic carbocycles. The topological polar surface area (TPSA) is 46.9 Å². The molecule has 0 aliphatic heterocycles. The van der Waals surface area contributed by atoms with Gasteiger partial charge in [0.1, 0.15) is 0 Å². The maximum Gasteiger partial charge on any atom is 0.272 e. The molecule has 0 radical (unpaired) electrons. The van der Waals surface area contributed by atoms with Crippen molar-refractivity contribution in [1.82, 2.24) is 15.1 Å². The quantitative estimate of drug-likeness (QED) is 0.306. The molecule has 4 nitrogen and oxygen atoms in total. The monoisotopic (exact) mass is 581 g/mol. The lowest BCUT2D eigenvalue weighted by Crippen LogP contribution is -2.60. The predicted molar refractivity (Wildman–Crippen MR) is 157 cm³/mol. The molecule has 7 heteroatoms. The third kappa shape index (κ3) is 4.91. The Labute approximate surface area is 245 Å². The third-order valence-electron chi connectivity index (χ3n) is 9.78. The fraction of sp³-hybridized carbons (Fsp3) is 0.500. The van der Waals surface area contributed by atoms with E-state index in [0.717, 1.165) is 91.1 Å². The molecular formula is C32H34Cl3N3O. The summed E-state index contributed by atoms with van der Waals surface area (Å²) >= 11 is 19.4. The summed E-state index contributed by atoms with van der Waals surface area (Å²) in [6.07, 6.45) is 12.2. The molecule has 204 valence electrons. The summed E-state index contributed by atoms with van der Waals surface area (Å²) in [5.74, 6) is 2.48. The van der Waals surface area contributed by atoms with Crippen molar-refractivity contribution < 1.29 is 4.79 Å². The van der Waals surface area contributed by atoms with E-state index in [4.69, 9.17) is 39.9 Å². The molecule has 1 amide bonds. The highest BCUT2D eigenvalue weighted by Crippen LogP contribution is 2.55. The third-order valence-corrected chi connectivity index (χ3v) is 10.6. The Kier molecular flexibility index (Phi) is 6.73. The highest BCUT2D eigenvalue weighted by molar-refractivity contribution is 6.35. The van der Waals surface area contributed by atoms with Crippen LogP contribution in [-0.4, -0.2) is 21.2 Å². The van der Waals surface area contributed by atoms with E-state index in [1.807, 2.05) is 35.0 Å². The van der Waals surface area contributed by atoms with Crippen molar-refractivity contribution in [1.29, 1.82) is 0 Å². The van der Waals surface area contributed by atoms with E-state index in [1.54, 1.807) is 6.07 Å². The molecule has 4 fully saturated rings. The molecule has 8 rings (SSSR count). The number of aromatic nitrogens is 2. The molecule has 0 saturated heterocycles. The molecule has 2 aromatic carbocycles. The number of nitrogens with one attached hydrogen (secondary N) is 1. The van der Waals surface area contributed by atoms with Gasteiger partial charge in [0.25, 0.3) is 5.91 Å². The lowest BCUT2D eigenvalue weighted by atomic mass is 9.53. The van der Waals surface area contributed by atoms with Gasteiger partial charge in [-0.2, -0.15) is 5.10 Å². The molecule has 1 heterocycles. The molecule has 0 spiro atoms. The Morgan fingerprint density at radius 2 is 1.67 bits per heavy atom. The average Bonchev–Trinajstić information content (AvgIpc) is 3.12. The highest BCUT2D eigenvalue weighted by atomic mass is 35.5. The zero-order chi connectivity index (χ0) is 26.7. The van der Waals surface area contributed by atoms with Gasteiger partial charge in [0.15, 0.2) is 5.69 Å². The van der Waals surface area contributed by atoms with E-state index in [-0.39, 0.29) is 17.4 Å². The van der Waals surface area contributed by atoms with E-state index in [9.17, 15) is 4.79 Å². The van der Waals surface area contributed by atoms with Gasteiger partial charge < -0.3 is 5.32 Å². The summed E-state index contributed by atoms with van der Waals surface area (Å²) in [5.41, 5.74) is 4.65. The van der Waals surface area contributed by atoms with Gasteiger partial charge in [-0.15, -0.1) is 0 Å². The summed E-state index contributed by atoms with van der Waals surface area (Å²) in [6.45, 7) is 0. The van der Waals surface area contributed by atoms with Crippen molar-refractivity contribution in [3.63, 3.8) is 0 Å². The van der Waals surface area contributed by atoms with Crippen LogP contribution in [0.4, 0.5) is 0 Å². The van der Waals surface area contributed by atoms with Crippen LogP contribution in [0.25, 0.3) is 5.69 Å². The average molecular weight is 583 g/mol. The number of fused-ring (bicyclic) bond motifs is 1. The van der Waals surface area contributed by atoms with Gasteiger partial charge in [0, 0.05) is 27.1 Å². The van der Waals surface area contributed by atoms with Crippen LogP contribution >= 0.6 is 34.8 Å². The number of hydrogen-bond acceptors (Lipinski definition) is 2. The molecule has 3 aromatic rings. The van der Waals surface area contributed by atoms with E-state index < -0.39 is 0 Å². The van der Waals surface area contributed by atoms with Crippen molar-refractivity contribution in [2.75, 3.05) is 0 Å². The molecular weight excluding hydrogens is 549 g/mol. The van der Waals surface area contributed by atoms with Crippen molar-refractivity contribution in [2.24, 2.45) is 17.8 Å². The number of hydrogen-bond donors (Lipinski definition) is 1. The zero-order valence-corrected chi connectivity index (χ0v) is 24.3. The van der Waals surface area contributed by atoms with Gasteiger partial charge in [-0.05, 0) is 118 Å². The first-order valence-corrected chi connectivity index (χ1v) is 15.6. The van der Waals surface area contributed by atoms with Gasteiger partial charge >= 0.3 is 0 Å². The highest BCUT2D eigenvalue weighted by Gasteiger charge is 2.52. The summed E-state index contributed by atoms with van der Waals surface area (Å²) < 4.78 is 1.95. The Hall–Kier alpha value is -2.01. The van der Waals surface area contributed by atoms with E-state index in [0.29, 0.717) is 15.7 Å². The first kappa shape index (κ1) is 25.9. The lowest BCUT2D eigenvalue weighted by molar-refractivity contribution is -0.0168. The second-order valence-electron chi connectivity index (χ2n) is 12.6. The van der Waals surface area contributed by atoms with Gasteiger partial charge in [0.2, 0.25) is 0 Å². The number of rotatable bonds is 5. The number of carbonyl (C=O) groups excluding carboxylic acids is 1. The Morgan fingerprint density at radius 3 is 2.36 bits per heavy atom. The maximum atomic E-state index is 14.1. The first-order chi connectivity index (χ1) is 18.9. The largest absolute Gasteiger partial charge is 0.345 e. The molecule has 1 N–H and O–H groups in total. The van der Waals surface area contributed by atoms with Gasteiger partial charge in [-0.25, -0.2) is 4.68 Å². The minimum absolute atomic E-state index is 0.0135. The number of carbonyl (C=O) groups is 1. The van der Waals surface area contributed by atoms with Crippen LogP contribution < -0.4 is 5.32 Å². The summed E-state index contributed by atoms with van der Waals surface area (Å²) in [7, 11) is 0. The van der Waals surface area contributed by atoms with Crippen molar-refractivity contribution in [2.45, 2.75) is 82.1 Å². The molecule has 1 atom stereocenters. The SMILES string of the molecule is O=C(NC12CC3CC(CC(C3)C1)C2)c1nn(-c2ccc(Cl)cc2Cl)c2c1CCCCC2Cc1cccc(Cl)c1. The van der Waals surface area contributed by atoms with Crippen LogP contribution in [0.1, 0.15) is 91.0 Å². The van der Waals surface area contributed by atoms with Gasteiger partial charge in [0.05, 0.1) is 16.4 Å². The molecule has 1 aromatic heterocycles. The molecule has 4 saturated carbocycles. The standard InChI is InChI=1S/C32H34Cl3N3O/c33-24-6-3-4-19(14-24)13-23-5-1-2-7-26-29(37-38(30(23)26)28-9-8-25(34)15-27(28)35)31(39)36-32-16-20-10-21(17-32)12-22(11-20)18-32/h3-4,6,8-9,14-15,20-23H,1-2,5,7,10-13,16-18H2,(H,36,39). The van der Waals surface area contributed by atoms with Crippen LogP contribution in [0.3, 0.4) is 0 Å². The normalized spacial score (nSPS) is 29.2. The summed E-state index contributed by atoms with van der Waals surface area (Å²) in [4.78, 5) is 14.1. The van der Waals surface area contributed by atoms with Crippen LogP contribution in [0.5, 0.6) is 0 Å². The maximum absolute atomic E-state index is 14.1. The number of amides is 1. The van der Waals surface area contributed by atoms with Crippen molar-refractivity contribution in [3.8, 4) is 5.69 Å². The Balaban J connectivity index is 1.30. The van der Waals surface area contributed by atoms with Crippen molar-refractivity contribution in [3.05, 3.63) is 80.0 Å². The summed E-state index contributed by atoms with van der Waals surface area (Å²) in [6, 6.07) is 13.6. The Bertz CT molecular complexity index is 1390. The molecule has 4 bridgehead atoms. The molecule has 1 unspecified atom stereocenters. The van der Waals surface area contributed by atoms with Crippen LogP contribution in [-0.2, 0) is 12.8 Å². The fourth-order valence-electron chi connectivity index (χ4n) is 8.69. The Morgan fingerprint density at radius 1 is 0.949 bits per heavy atom. The molecule has 39 heavy (non-hydrogen) atoms. The number of halogens is 3. The van der Waals surface area contributed by atoms with E-state index >= 15 is 0 Å². The van der Waals surface area contributed by atoms with Crippen molar-refractivity contribution >= 4 is 40.7 Å². The zero-order valence-electron chi connectivity index (χ0n) is 22.1. The van der Waals surface area contributed by atoms with E-state index in [1.165, 1.54) is 24.8 Å². The van der Waals surface area contributed by atoms with E-state index in [2.05, 4.69) is 11.4 Å². The smallest absolute Gasteiger partial charge is 0.272 e. The van der Waals surface area contributed by atoms with Gasteiger partial charge in [-0.3, -0.25) is 4.79 Å². The second kappa shape index (κ2) is 10.1. The lowest BCUT2D eigenvalue weighted by Gasteiger charge is -2.56. The minimum Gasteiger partial charge on any atom is -0.345 e. The fourth-order valence-corrected chi connectivity index (χ4v) is 9.39. The van der Waals surface area contributed by atoms with Crippen LogP contribution in [0, 0.1) is 17.8 Å². The summed E-state index contributed by atoms with van der Waals surface area (Å²) in [5, 5.41) is 10.5. The second-order valence-corrected chi connectivity index (χ2v) is 13.9. The number of nitrogens with zero attached hydrogens (tertiary/aromatic N) is 2. The van der Waals surface area contributed by atoms with Crippen LogP contribution in [0.15, 0.2) is 42.5 Å².